The average Bonchev–Trinajstić information content (AvgIpc) is 3.09. The summed E-state index contributed by atoms with van der Waals surface area (Å²) in [4.78, 5) is 11.2. The normalized spacial score (nSPS) is 16.7. The van der Waals surface area contributed by atoms with E-state index in [2.05, 4.69) is 9.97 Å². The van der Waals surface area contributed by atoms with Crippen molar-refractivity contribution in [2.24, 2.45) is 0 Å². The predicted molar refractivity (Wildman–Crippen MR) is 126 cm³/mol. The number of hydrogen-bond donors (Lipinski definition) is 0. The first-order valence-corrected chi connectivity index (χ1v) is 12.7. The van der Waals surface area contributed by atoms with Crippen molar-refractivity contribution in [3.8, 4) is 23.1 Å². The summed E-state index contributed by atoms with van der Waals surface area (Å²) in [5, 5.41) is 0. The molecule has 9 nitrogen and oxygen atoms in total. The predicted octanol–water partition coefficient (Wildman–Crippen LogP) is 3.25. The van der Waals surface area contributed by atoms with E-state index in [4.69, 9.17) is 14.2 Å². The van der Waals surface area contributed by atoms with Crippen LogP contribution in [0.5, 0.6) is 23.1 Å². The fraction of sp³-hybridized carbons (Fsp3) is 0.333. The molecule has 0 unspecified atom stereocenters. The molecule has 2 aromatic carbocycles. The number of para-hydroxylation sites is 1. The zero-order chi connectivity index (χ0) is 23.5. The number of nitrogens with zero attached hydrogens (tertiary/aromatic N) is 4. The maximum atomic E-state index is 13.3. The molecular weight excluding hydrogens is 456 g/mol. The van der Waals surface area contributed by atoms with Crippen LogP contribution in [0.25, 0.3) is 0 Å². The third kappa shape index (κ3) is 4.78. The summed E-state index contributed by atoms with van der Waals surface area (Å²) in [6.45, 7) is 4.57. The van der Waals surface area contributed by atoms with Crippen molar-refractivity contribution in [3.63, 3.8) is 0 Å². The lowest BCUT2D eigenvalue weighted by Gasteiger charge is -2.34. The first-order valence-electron chi connectivity index (χ1n) is 11.2. The molecule has 5 rings (SSSR count). The first kappa shape index (κ1) is 22.4. The number of sulfonamides is 1. The molecule has 1 fully saturated rings. The number of anilines is 1. The Bertz CT molecular complexity index is 1260. The molecule has 34 heavy (non-hydrogen) atoms. The van der Waals surface area contributed by atoms with Crippen LogP contribution in [0.2, 0.25) is 0 Å². The lowest BCUT2D eigenvalue weighted by atomic mass is 10.3. The van der Waals surface area contributed by atoms with Crippen LogP contribution < -0.4 is 19.1 Å². The highest BCUT2D eigenvalue weighted by Crippen LogP contribution is 2.33. The van der Waals surface area contributed by atoms with E-state index < -0.39 is 10.0 Å². The number of piperazine rings is 1. The van der Waals surface area contributed by atoms with E-state index in [1.54, 1.807) is 24.3 Å². The lowest BCUT2D eigenvalue weighted by molar-refractivity contribution is 0.296. The van der Waals surface area contributed by atoms with E-state index in [1.807, 2.05) is 42.2 Å². The van der Waals surface area contributed by atoms with Crippen LogP contribution >= 0.6 is 0 Å². The number of aryl methyl sites for hydroxylation is 1. The largest absolute Gasteiger partial charge is 0.490 e. The Hall–Kier alpha value is -3.37. The summed E-state index contributed by atoms with van der Waals surface area (Å²) >= 11 is 0. The summed E-state index contributed by atoms with van der Waals surface area (Å²) < 4.78 is 45.2. The zero-order valence-corrected chi connectivity index (χ0v) is 19.7. The smallest absolute Gasteiger partial charge is 0.243 e. The highest BCUT2D eigenvalue weighted by molar-refractivity contribution is 7.89. The van der Waals surface area contributed by atoms with Crippen molar-refractivity contribution >= 4 is 15.8 Å². The van der Waals surface area contributed by atoms with Crippen LogP contribution in [0.15, 0.2) is 59.5 Å². The number of benzene rings is 2. The van der Waals surface area contributed by atoms with E-state index >= 15 is 0 Å². The third-order valence-electron chi connectivity index (χ3n) is 5.69. The molecule has 0 atom stereocenters. The molecule has 0 aliphatic carbocycles. The quantitative estimate of drug-likeness (QED) is 0.547. The Balaban J connectivity index is 1.29. The number of fused-ring (bicyclic) bond motifs is 1. The molecular formula is C24H26N4O5S. The maximum Gasteiger partial charge on any atom is 0.243 e. The Morgan fingerprint density at radius 1 is 0.882 bits per heavy atom. The molecule has 2 aliphatic rings. The van der Waals surface area contributed by atoms with E-state index in [-0.39, 0.29) is 4.90 Å². The molecule has 0 bridgehead atoms. The van der Waals surface area contributed by atoms with Gasteiger partial charge in [-0.05, 0) is 31.2 Å². The van der Waals surface area contributed by atoms with Gasteiger partial charge in [0, 0.05) is 44.7 Å². The van der Waals surface area contributed by atoms with Gasteiger partial charge < -0.3 is 19.1 Å². The molecule has 10 heteroatoms. The zero-order valence-electron chi connectivity index (χ0n) is 18.9. The van der Waals surface area contributed by atoms with E-state index in [0.29, 0.717) is 74.2 Å². The first-order chi connectivity index (χ1) is 16.5. The molecule has 0 saturated carbocycles. The van der Waals surface area contributed by atoms with Crippen LogP contribution in [0.4, 0.5) is 5.82 Å². The van der Waals surface area contributed by atoms with Crippen molar-refractivity contribution < 1.29 is 22.6 Å². The summed E-state index contributed by atoms with van der Waals surface area (Å²) in [6.07, 6.45) is 0.763. The minimum atomic E-state index is -3.66. The molecule has 3 aromatic rings. The monoisotopic (exact) mass is 482 g/mol. The van der Waals surface area contributed by atoms with Gasteiger partial charge in [-0.2, -0.15) is 9.29 Å². The SMILES string of the molecule is Cc1nc(Oc2ccccc2)cc(N2CCN(S(=O)(=O)c3ccc4c(c3)OCCCO4)CC2)n1. The van der Waals surface area contributed by atoms with Gasteiger partial charge in [-0.15, -0.1) is 0 Å². The minimum absolute atomic E-state index is 0.210. The van der Waals surface area contributed by atoms with Crippen molar-refractivity contribution in [2.45, 2.75) is 18.2 Å². The van der Waals surface area contributed by atoms with Crippen LogP contribution in [0, 0.1) is 6.92 Å². The highest BCUT2D eigenvalue weighted by atomic mass is 32.2. The Kier molecular flexibility index (Phi) is 6.25. The molecule has 3 heterocycles. The Labute approximate surface area is 199 Å². The molecule has 1 saturated heterocycles. The average molecular weight is 483 g/mol. The van der Waals surface area contributed by atoms with Gasteiger partial charge >= 0.3 is 0 Å². The van der Waals surface area contributed by atoms with E-state index in [1.165, 1.54) is 4.31 Å². The molecule has 0 amide bonds. The topological polar surface area (TPSA) is 94.1 Å². The fourth-order valence-corrected chi connectivity index (χ4v) is 5.40. The number of rotatable bonds is 5. The van der Waals surface area contributed by atoms with Crippen molar-refractivity contribution in [1.82, 2.24) is 14.3 Å². The second kappa shape index (κ2) is 9.47. The van der Waals surface area contributed by atoms with Gasteiger partial charge in [0.15, 0.2) is 11.5 Å². The van der Waals surface area contributed by atoms with Gasteiger partial charge in [-0.25, -0.2) is 13.4 Å². The number of ether oxygens (including phenoxy) is 3. The lowest BCUT2D eigenvalue weighted by Crippen LogP contribution is -2.49. The van der Waals surface area contributed by atoms with E-state index in [0.717, 1.165) is 6.42 Å². The summed E-state index contributed by atoms with van der Waals surface area (Å²) in [7, 11) is -3.66. The van der Waals surface area contributed by atoms with Gasteiger partial charge in [0.1, 0.15) is 17.4 Å². The number of aromatic nitrogens is 2. The van der Waals surface area contributed by atoms with E-state index in [9.17, 15) is 8.42 Å². The third-order valence-corrected chi connectivity index (χ3v) is 7.58. The number of hydrogen-bond acceptors (Lipinski definition) is 8. The van der Waals surface area contributed by atoms with Crippen molar-refractivity contribution in [2.75, 3.05) is 44.3 Å². The minimum Gasteiger partial charge on any atom is -0.490 e. The van der Waals surface area contributed by atoms with Crippen LogP contribution in [0.1, 0.15) is 12.2 Å². The Morgan fingerprint density at radius 2 is 1.62 bits per heavy atom. The van der Waals surface area contributed by atoms with Gasteiger partial charge in [0.25, 0.3) is 0 Å². The molecule has 0 radical (unpaired) electrons. The highest BCUT2D eigenvalue weighted by Gasteiger charge is 2.30. The molecule has 1 aromatic heterocycles. The summed E-state index contributed by atoms with van der Waals surface area (Å²) in [5.41, 5.74) is 0. The van der Waals surface area contributed by atoms with Crippen LogP contribution in [0.3, 0.4) is 0 Å². The van der Waals surface area contributed by atoms with Gasteiger partial charge in [-0.3, -0.25) is 0 Å². The summed E-state index contributed by atoms with van der Waals surface area (Å²) in [5.74, 6) is 3.50. The van der Waals surface area contributed by atoms with Crippen LogP contribution in [-0.4, -0.2) is 62.1 Å². The second-order valence-electron chi connectivity index (χ2n) is 8.08. The molecule has 2 aliphatic heterocycles. The van der Waals surface area contributed by atoms with Crippen molar-refractivity contribution in [1.29, 1.82) is 0 Å². The standard InChI is InChI=1S/C24H26N4O5S/c1-18-25-23(17-24(26-18)33-19-6-3-2-4-7-19)27-10-12-28(13-11-27)34(29,30)20-8-9-21-22(16-20)32-15-5-14-31-21/h2-4,6-9,16-17H,5,10-15H2,1H3. The maximum absolute atomic E-state index is 13.3. The fourth-order valence-electron chi connectivity index (χ4n) is 3.96. The second-order valence-corrected chi connectivity index (χ2v) is 10.0. The van der Waals surface area contributed by atoms with Gasteiger partial charge in [-0.1, -0.05) is 18.2 Å². The van der Waals surface area contributed by atoms with Crippen LogP contribution in [-0.2, 0) is 10.0 Å². The molecule has 0 N–H and O–H groups in total. The molecule has 0 spiro atoms. The Morgan fingerprint density at radius 3 is 2.38 bits per heavy atom. The van der Waals surface area contributed by atoms with Gasteiger partial charge in [0.05, 0.1) is 18.1 Å². The molecule has 178 valence electrons. The van der Waals surface area contributed by atoms with Crippen molar-refractivity contribution in [3.05, 3.63) is 60.4 Å². The summed E-state index contributed by atoms with van der Waals surface area (Å²) in [6, 6.07) is 16.0. The van der Waals surface area contributed by atoms with Gasteiger partial charge in [0.2, 0.25) is 15.9 Å².